The van der Waals surface area contributed by atoms with E-state index in [1.54, 1.807) is 25.4 Å². The van der Waals surface area contributed by atoms with Crippen LogP contribution in [0.2, 0.25) is 0 Å². The molecule has 1 N–H and O–H groups in total. The van der Waals surface area contributed by atoms with Crippen molar-refractivity contribution in [1.29, 1.82) is 5.26 Å². The van der Waals surface area contributed by atoms with Crippen molar-refractivity contribution in [2.24, 2.45) is 0 Å². The van der Waals surface area contributed by atoms with Gasteiger partial charge in [0.15, 0.2) is 0 Å². The van der Waals surface area contributed by atoms with E-state index in [0.717, 1.165) is 0 Å². The number of nitriles is 1. The molecular formula is C12H10N4O. The topological polar surface area (TPSA) is 70.2 Å². The minimum atomic E-state index is -0.202. The van der Waals surface area contributed by atoms with Gasteiger partial charge in [0.1, 0.15) is 11.5 Å². The molecule has 0 saturated heterocycles. The summed E-state index contributed by atoms with van der Waals surface area (Å²) in [6, 6.07) is 7.18. The van der Waals surface area contributed by atoms with Crippen LogP contribution in [0.25, 0.3) is 11.7 Å². The van der Waals surface area contributed by atoms with Crippen LogP contribution in [-0.4, -0.2) is 16.4 Å². The summed E-state index contributed by atoms with van der Waals surface area (Å²) in [5, 5.41) is 11.4. The summed E-state index contributed by atoms with van der Waals surface area (Å²) in [5.74, 6) is 0.465. The number of fused-ring (bicyclic) bond motifs is 1. The summed E-state index contributed by atoms with van der Waals surface area (Å²) in [7, 11) is 1.69. The van der Waals surface area contributed by atoms with Crippen LogP contribution in [-0.2, 0) is 0 Å². The fourth-order valence-electron chi connectivity index (χ4n) is 1.56. The minimum absolute atomic E-state index is 0.202. The van der Waals surface area contributed by atoms with Gasteiger partial charge in [-0.3, -0.25) is 9.20 Å². The Morgan fingerprint density at radius 3 is 3.06 bits per heavy atom. The molecule has 0 aliphatic rings. The summed E-state index contributed by atoms with van der Waals surface area (Å²) in [4.78, 5) is 16.4. The zero-order valence-corrected chi connectivity index (χ0v) is 9.21. The highest BCUT2D eigenvalue weighted by atomic mass is 16.1. The van der Waals surface area contributed by atoms with Gasteiger partial charge in [-0.25, -0.2) is 4.98 Å². The van der Waals surface area contributed by atoms with Gasteiger partial charge in [0.2, 0.25) is 0 Å². The molecule has 5 heteroatoms. The second kappa shape index (κ2) is 4.49. The van der Waals surface area contributed by atoms with Gasteiger partial charge in [0.25, 0.3) is 5.56 Å². The Bertz CT molecular complexity index is 679. The monoisotopic (exact) mass is 226 g/mol. The molecule has 0 bridgehead atoms. The summed E-state index contributed by atoms with van der Waals surface area (Å²) in [6.07, 6.45) is 4.36. The molecule has 5 nitrogen and oxygen atoms in total. The highest BCUT2D eigenvalue weighted by Crippen LogP contribution is 2.10. The van der Waals surface area contributed by atoms with Gasteiger partial charge in [-0.1, -0.05) is 6.07 Å². The molecule has 0 amide bonds. The molecule has 84 valence electrons. The lowest BCUT2D eigenvalue weighted by Crippen LogP contribution is -2.19. The van der Waals surface area contributed by atoms with E-state index in [4.69, 9.17) is 5.26 Å². The van der Waals surface area contributed by atoms with Crippen molar-refractivity contribution in [3.05, 3.63) is 46.4 Å². The quantitative estimate of drug-likeness (QED) is 0.783. The van der Waals surface area contributed by atoms with Crippen molar-refractivity contribution in [1.82, 2.24) is 9.38 Å². The highest BCUT2D eigenvalue weighted by Gasteiger charge is 2.08. The fraction of sp³-hybridized carbons (Fsp3) is 0.0833. The van der Waals surface area contributed by atoms with Crippen LogP contribution in [0.5, 0.6) is 0 Å². The molecule has 2 heterocycles. The number of hydrogen-bond acceptors (Lipinski definition) is 4. The van der Waals surface area contributed by atoms with Crippen LogP contribution in [0.15, 0.2) is 35.3 Å². The first-order chi connectivity index (χ1) is 8.27. The molecule has 0 aromatic carbocycles. The Labute approximate surface area is 97.7 Å². The van der Waals surface area contributed by atoms with E-state index in [-0.39, 0.29) is 5.56 Å². The van der Waals surface area contributed by atoms with Crippen LogP contribution in [0.1, 0.15) is 5.56 Å². The summed E-state index contributed by atoms with van der Waals surface area (Å²) < 4.78 is 1.44. The number of anilines is 1. The number of pyridine rings is 1. The average Bonchev–Trinajstić information content (AvgIpc) is 2.37. The Morgan fingerprint density at radius 1 is 1.53 bits per heavy atom. The van der Waals surface area contributed by atoms with Gasteiger partial charge in [-0.05, 0) is 18.2 Å². The maximum absolute atomic E-state index is 12.1. The Kier molecular flexibility index (Phi) is 2.88. The van der Waals surface area contributed by atoms with E-state index in [1.807, 2.05) is 12.1 Å². The van der Waals surface area contributed by atoms with Crippen molar-refractivity contribution in [3.8, 4) is 6.07 Å². The lowest BCUT2D eigenvalue weighted by Gasteiger charge is -2.06. The van der Waals surface area contributed by atoms with Crippen LogP contribution in [0.4, 0.5) is 5.82 Å². The summed E-state index contributed by atoms with van der Waals surface area (Å²) in [6.45, 7) is 0. The van der Waals surface area contributed by atoms with Gasteiger partial charge in [-0.2, -0.15) is 5.26 Å². The van der Waals surface area contributed by atoms with E-state index < -0.39 is 0 Å². The van der Waals surface area contributed by atoms with Gasteiger partial charge >= 0.3 is 0 Å². The molecule has 17 heavy (non-hydrogen) atoms. The van der Waals surface area contributed by atoms with Crippen LogP contribution < -0.4 is 10.9 Å². The first-order valence-corrected chi connectivity index (χ1v) is 5.03. The average molecular weight is 226 g/mol. The van der Waals surface area contributed by atoms with Crippen molar-refractivity contribution in [2.75, 3.05) is 12.4 Å². The summed E-state index contributed by atoms with van der Waals surface area (Å²) in [5.41, 5.74) is 0.736. The second-order valence-corrected chi connectivity index (χ2v) is 3.32. The number of nitrogens with one attached hydrogen (secondary N) is 1. The molecule has 0 radical (unpaired) electrons. The minimum Gasteiger partial charge on any atom is -0.372 e. The van der Waals surface area contributed by atoms with Crippen molar-refractivity contribution < 1.29 is 0 Å². The molecule has 0 fully saturated rings. The van der Waals surface area contributed by atoms with Crippen molar-refractivity contribution >= 4 is 17.5 Å². The number of hydrogen-bond donors (Lipinski definition) is 1. The van der Waals surface area contributed by atoms with Gasteiger partial charge < -0.3 is 5.32 Å². The number of rotatable bonds is 2. The maximum atomic E-state index is 12.1. The third-order valence-corrected chi connectivity index (χ3v) is 2.33. The molecule has 2 aromatic rings. The smallest absolute Gasteiger partial charge is 0.267 e. The Balaban J connectivity index is 2.82. The first-order valence-electron chi connectivity index (χ1n) is 5.03. The van der Waals surface area contributed by atoms with E-state index in [2.05, 4.69) is 10.3 Å². The predicted octanol–water partition coefficient (Wildman–Crippen LogP) is 1.27. The SMILES string of the molecule is CNc1nc2ccccn2c(=O)c1/C=C/C#N. The van der Waals surface area contributed by atoms with Gasteiger partial charge in [-0.15, -0.1) is 0 Å². The lowest BCUT2D eigenvalue weighted by molar-refractivity contribution is 1.04. The summed E-state index contributed by atoms with van der Waals surface area (Å²) >= 11 is 0. The second-order valence-electron chi connectivity index (χ2n) is 3.32. The third kappa shape index (κ3) is 1.88. The standard InChI is InChI=1S/C12H10N4O/c1-14-11-9(5-4-7-13)12(17)16-8-3-2-6-10(16)15-11/h2-6,8,14H,1H3/b5-4+. The molecule has 0 saturated carbocycles. The molecule has 0 spiro atoms. The maximum Gasteiger partial charge on any atom is 0.267 e. The fourth-order valence-corrected chi connectivity index (χ4v) is 1.56. The van der Waals surface area contributed by atoms with Crippen LogP contribution in [0, 0.1) is 11.3 Å². The molecule has 0 aliphatic heterocycles. The van der Waals surface area contributed by atoms with Crippen LogP contribution in [0.3, 0.4) is 0 Å². The van der Waals surface area contributed by atoms with E-state index in [1.165, 1.54) is 16.6 Å². The Morgan fingerprint density at radius 2 is 2.35 bits per heavy atom. The van der Waals surface area contributed by atoms with Gasteiger partial charge in [0, 0.05) is 19.3 Å². The van der Waals surface area contributed by atoms with E-state index >= 15 is 0 Å². The lowest BCUT2D eigenvalue weighted by atomic mass is 10.2. The van der Waals surface area contributed by atoms with Gasteiger partial charge in [0.05, 0.1) is 11.6 Å². The van der Waals surface area contributed by atoms with Crippen LogP contribution >= 0.6 is 0 Å². The number of allylic oxidation sites excluding steroid dienone is 1. The molecule has 0 atom stereocenters. The molecule has 2 rings (SSSR count). The first kappa shape index (κ1) is 10.9. The zero-order chi connectivity index (χ0) is 12.3. The third-order valence-electron chi connectivity index (χ3n) is 2.33. The van der Waals surface area contributed by atoms with Crippen molar-refractivity contribution in [3.63, 3.8) is 0 Å². The van der Waals surface area contributed by atoms with E-state index in [9.17, 15) is 4.79 Å². The predicted molar refractivity (Wildman–Crippen MR) is 65.7 cm³/mol. The largest absolute Gasteiger partial charge is 0.372 e. The Hall–Kier alpha value is -2.61. The highest BCUT2D eigenvalue weighted by molar-refractivity contribution is 5.65. The molecule has 0 aliphatic carbocycles. The molecule has 2 aromatic heterocycles. The van der Waals surface area contributed by atoms with Crippen molar-refractivity contribution in [2.45, 2.75) is 0 Å². The number of aromatic nitrogens is 2. The molecule has 0 unspecified atom stereocenters. The van der Waals surface area contributed by atoms with E-state index in [0.29, 0.717) is 17.0 Å². The molecular weight excluding hydrogens is 216 g/mol. The normalized spacial score (nSPS) is 10.6. The zero-order valence-electron chi connectivity index (χ0n) is 9.21. The number of nitrogens with zero attached hydrogens (tertiary/aromatic N) is 3.